The zero-order valence-corrected chi connectivity index (χ0v) is 39.0. The molecule has 6 rings (SSSR count). The zero-order chi connectivity index (χ0) is 49.6. The first kappa shape index (κ1) is 50.7. The number of aliphatic hydroxyl groups excluding tert-OH is 2. The van der Waals surface area contributed by atoms with Crippen LogP contribution in [0, 0.1) is 16.7 Å². The Morgan fingerprint density at radius 1 is 0.940 bits per heavy atom. The number of benzene rings is 2. The average molecular weight is 937 g/mol. The molecule has 2 saturated carbocycles. The molecule has 0 radical (unpaired) electrons. The average Bonchev–Trinajstić information content (AvgIpc) is 3.23. The number of nitrogens with zero attached hydrogens (tertiary/aromatic N) is 1. The molecule has 3 fully saturated rings. The van der Waals surface area contributed by atoms with Crippen LogP contribution in [0.1, 0.15) is 90.2 Å². The summed E-state index contributed by atoms with van der Waals surface area (Å²) >= 11 is 0. The molecule has 0 aromatic heterocycles. The Labute approximate surface area is 387 Å². The van der Waals surface area contributed by atoms with Gasteiger partial charge in [-0.1, -0.05) is 62.4 Å². The fourth-order valence-electron chi connectivity index (χ4n) is 10.4. The van der Waals surface area contributed by atoms with Crippen molar-refractivity contribution in [3.8, 4) is 0 Å². The number of aliphatic hydroxyl groups is 3. The summed E-state index contributed by atoms with van der Waals surface area (Å²) in [6.07, 6.45) is -12.3. The van der Waals surface area contributed by atoms with Gasteiger partial charge >= 0.3 is 35.9 Å². The Hall–Kier alpha value is -5.73. The molecule has 67 heavy (non-hydrogen) atoms. The van der Waals surface area contributed by atoms with E-state index >= 15 is 4.79 Å². The van der Waals surface area contributed by atoms with E-state index in [-0.39, 0.29) is 23.1 Å². The number of amides is 1. The molecular weight excluding hydrogens is 877 g/mol. The zero-order valence-electron chi connectivity index (χ0n) is 39.0. The largest absolute Gasteiger partial charge is 0.480 e. The van der Waals surface area contributed by atoms with Gasteiger partial charge in [0.05, 0.1) is 42.6 Å². The number of carboxylic acid groups (broad SMARTS) is 1. The minimum atomic E-state index is -2.48. The van der Waals surface area contributed by atoms with E-state index in [0.29, 0.717) is 5.56 Å². The van der Waals surface area contributed by atoms with Crippen molar-refractivity contribution in [1.29, 1.82) is 0 Å². The second kappa shape index (κ2) is 18.7. The van der Waals surface area contributed by atoms with Crippen molar-refractivity contribution in [2.24, 2.45) is 16.7 Å². The van der Waals surface area contributed by atoms with Crippen LogP contribution >= 0.6 is 0 Å². The predicted molar refractivity (Wildman–Crippen MR) is 233 cm³/mol. The summed E-state index contributed by atoms with van der Waals surface area (Å²) in [5, 5.41) is 49.9. The number of esters is 4. The summed E-state index contributed by atoms with van der Waals surface area (Å²) in [5.74, 6) is -8.01. The van der Waals surface area contributed by atoms with E-state index in [9.17, 15) is 49.2 Å². The van der Waals surface area contributed by atoms with Crippen LogP contribution in [-0.2, 0) is 52.4 Å². The van der Waals surface area contributed by atoms with Crippen LogP contribution in [0.15, 0.2) is 71.8 Å². The molecule has 1 saturated heterocycles. The van der Waals surface area contributed by atoms with Crippen LogP contribution in [0.3, 0.4) is 0 Å². The number of carbonyl (C=O) groups excluding carboxylic acids is 6. The maximum absolute atomic E-state index is 15.6. The SMILES string of the molecule is CC(=O)O[C@@]12CO[C@@H]1C[C@H](OC(=O)CN(C)CC(=O)O)[C@@]1(C)C(=O)[C@H](O)C3=C(C)[C@@H](OC(=O)[C@H](O)[C@@H](NC(=O)OC(C)(C)C)c4ccccc4)C[C@@](O)([C@@H](OC(=O)c4ccccc4)[C@H]21)C3(C)C. The lowest BCUT2D eigenvalue weighted by atomic mass is 9.44. The van der Waals surface area contributed by atoms with Gasteiger partial charge in [0.1, 0.15) is 41.7 Å². The van der Waals surface area contributed by atoms with E-state index in [0.717, 1.165) is 11.8 Å². The van der Waals surface area contributed by atoms with Crippen molar-refractivity contribution < 1.29 is 82.4 Å². The summed E-state index contributed by atoms with van der Waals surface area (Å²) < 4.78 is 36.0. The Bertz CT molecular complexity index is 2290. The Balaban J connectivity index is 1.52. The minimum absolute atomic E-state index is 0.0144. The second-order valence-electron chi connectivity index (χ2n) is 19.6. The van der Waals surface area contributed by atoms with Gasteiger partial charge in [-0.25, -0.2) is 14.4 Å². The molecule has 0 spiro atoms. The molecule has 3 aliphatic carbocycles. The second-order valence-corrected chi connectivity index (χ2v) is 19.6. The number of alkyl carbamates (subject to hydrolysis) is 1. The fourth-order valence-corrected chi connectivity index (χ4v) is 10.4. The van der Waals surface area contributed by atoms with Crippen LogP contribution in [0.5, 0.6) is 0 Å². The van der Waals surface area contributed by atoms with Crippen molar-refractivity contribution in [2.75, 3.05) is 26.7 Å². The maximum Gasteiger partial charge on any atom is 0.408 e. The molecule has 5 N–H and O–H groups in total. The first-order chi connectivity index (χ1) is 31.2. The van der Waals surface area contributed by atoms with E-state index < -0.39 is 144 Å². The molecule has 364 valence electrons. The van der Waals surface area contributed by atoms with Crippen molar-refractivity contribution in [3.63, 3.8) is 0 Å². The summed E-state index contributed by atoms with van der Waals surface area (Å²) in [5.41, 5.74) is -8.99. The van der Waals surface area contributed by atoms with Crippen LogP contribution in [-0.4, -0.2) is 147 Å². The number of ketones is 1. The number of nitrogens with one attached hydrogen (secondary N) is 1. The molecule has 1 aliphatic heterocycles. The first-order valence-electron chi connectivity index (χ1n) is 21.9. The lowest BCUT2D eigenvalue weighted by Gasteiger charge is -2.67. The molecule has 0 unspecified atom stereocenters. The van der Waals surface area contributed by atoms with E-state index in [1.807, 2.05) is 0 Å². The van der Waals surface area contributed by atoms with Gasteiger partial charge in [0.2, 0.25) is 0 Å². The number of Topliss-reactive ketones (excluding diaryl/α,β-unsaturated/α-hetero) is 1. The van der Waals surface area contributed by atoms with E-state index in [2.05, 4.69) is 5.32 Å². The van der Waals surface area contributed by atoms with Gasteiger partial charge < -0.3 is 54.2 Å². The molecule has 1 heterocycles. The summed E-state index contributed by atoms with van der Waals surface area (Å²) in [4.78, 5) is 96.7. The van der Waals surface area contributed by atoms with E-state index in [4.69, 9.17) is 28.4 Å². The fraction of sp³-hybridized carbons (Fsp3) is 0.562. The van der Waals surface area contributed by atoms with Gasteiger partial charge in [0.25, 0.3) is 0 Å². The highest BCUT2D eigenvalue weighted by atomic mass is 16.6. The van der Waals surface area contributed by atoms with Crippen LogP contribution in [0.4, 0.5) is 4.79 Å². The monoisotopic (exact) mass is 936 g/mol. The van der Waals surface area contributed by atoms with Crippen molar-refractivity contribution in [1.82, 2.24) is 10.2 Å². The molecule has 4 aliphatic rings. The highest BCUT2D eigenvalue weighted by Crippen LogP contribution is 2.64. The van der Waals surface area contributed by atoms with Crippen molar-refractivity contribution in [3.05, 3.63) is 82.9 Å². The Kier molecular flexibility index (Phi) is 14.2. The number of rotatable bonds is 13. The number of likely N-dealkylation sites (N-methyl/N-ethyl adjacent to an activating group) is 1. The highest BCUT2D eigenvalue weighted by Gasteiger charge is 2.78. The van der Waals surface area contributed by atoms with Crippen LogP contribution in [0.2, 0.25) is 0 Å². The smallest absolute Gasteiger partial charge is 0.408 e. The lowest BCUT2D eigenvalue weighted by Crippen LogP contribution is -2.82. The van der Waals surface area contributed by atoms with Gasteiger partial charge in [-0.15, -0.1) is 0 Å². The third kappa shape index (κ3) is 9.56. The van der Waals surface area contributed by atoms with Crippen LogP contribution in [0.25, 0.3) is 0 Å². The van der Waals surface area contributed by atoms with Crippen LogP contribution < -0.4 is 5.32 Å². The quantitative estimate of drug-likeness (QED) is 0.110. The molecule has 1 amide bonds. The van der Waals surface area contributed by atoms with E-state index in [1.54, 1.807) is 69.3 Å². The summed E-state index contributed by atoms with van der Waals surface area (Å²) in [6.45, 7) is 10.3. The third-order valence-corrected chi connectivity index (χ3v) is 13.6. The molecule has 2 bridgehead atoms. The number of ether oxygens (including phenoxy) is 6. The number of carbonyl (C=O) groups is 7. The number of hydrogen-bond acceptors (Lipinski definition) is 17. The number of carboxylic acids is 1. The highest BCUT2D eigenvalue weighted by molar-refractivity contribution is 5.94. The standard InChI is InChI=1S/C48H60N2O17/c1-25-29(63-42(59)37(56)35(27-16-12-10-13-17-27)49-43(60)67-44(3,4)5)21-48(61)40(65-41(58)28-18-14-11-15-19-28)38-46(8,39(57)36(55)34(25)45(48,6)7)30(64-33(54)23-50(9)22-32(52)53)20-31-47(38,24-62-31)66-26(2)51/h10-19,29-31,35-38,40,55-56,61H,20-24H2,1-9H3,(H,49,60)(H,52,53)/t29-,30-,31+,35-,36+,37+,38-,40-,46+,47-,48+/m0/s1. The number of fused-ring (bicyclic) bond motifs is 5. The van der Waals surface area contributed by atoms with Gasteiger partial charge in [-0.05, 0) is 70.5 Å². The Morgan fingerprint density at radius 2 is 1.55 bits per heavy atom. The summed E-state index contributed by atoms with van der Waals surface area (Å²) in [7, 11) is 1.36. The molecule has 11 atom stereocenters. The van der Waals surface area contributed by atoms with Gasteiger partial charge in [-0.2, -0.15) is 0 Å². The topological polar surface area (TPSA) is 271 Å². The number of aliphatic carboxylic acids is 1. The lowest BCUT2D eigenvalue weighted by molar-refractivity contribution is -0.346. The molecular formula is C48H60N2O17. The molecule has 19 heteroatoms. The van der Waals surface area contributed by atoms with Crippen molar-refractivity contribution in [2.45, 2.75) is 128 Å². The van der Waals surface area contributed by atoms with Gasteiger partial charge in [0.15, 0.2) is 17.5 Å². The number of hydrogen-bond donors (Lipinski definition) is 5. The molecule has 2 aromatic rings. The molecule has 19 nitrogen and oxygen atoms in total. The Morgan fingerprint density at radius 3 is 2.10 bits per heavy atom. The maximum atomic E-state index is 15.6. The summed E-state index contributed by atoms with van der Waals surface area (Å²) in [6, 6.07) is 14.3. The minimum Gasteiger partial charge on any atom is -0.480 e. The van der Waals surface area contributed by atoms with Crippen molar-refractivity contribution >= 4 is 41.7 Å². The molecule has 2 aromatic carbocycles. The van der Waals surface area contributed by atoms with Gasteiger partial charge in [0, 0.05) is 25.2 Å². The van der Waals surface area contributed by atoms with E-state index in [1.165, 1.54) is 46.9 Å². The third-order valence-electron chi connectivity index (χ3n) is 13.6. The predicted octanol–water partition coefficient (Wildman–Crippen LogP) is 2.83. The van der Waals surface area contributed by atoms with Gasteiger partial charge in [-0.3, -0.25) is 24.1 Å². The normalized spacial score (nSPS) is 30.7. The first-order valence-corrected chi connectivity index (χ1v) is 21.9.